The Morgan fingerprint density at radius 1 is 0.969 bits per heavy atom. The fourth-order valence-electron chi connectivity index (χ4n) is 3.79. The van der Waals surface area contributed by atoms with E-state index in [0.29, 0.717) is 18.9 Å². The average molecular weight is 431 g/mol. The summed E-state index contributed by atoms with van der Waals surface area (Å²) >= 11 is 0. The Labute approximate surface area is 189 Å². The van der Waals surface area contributed by atoms with Crippen molar-refractivity contribution in [2.45, 2.75) is 25.9 Å². The van der Waals surface area contributed by atoms with E-state index in [4.69, 9.17) is 9.41 Å². The number of carbonyl (C=O) groups is 1. The fraction of sp³-hybridized carbons (Fsp3) is 0.308. The zero-order valence-electron chi connectivity index (χ0n) is 18.9. The zero-order chi connectivity index (χ0) is 22.5. The highest BCUT2D eigenvalue weighted by Crippen LogP contribution is 2.26. The summed E-state index contributed by atoms with van der Waals surface area (Å²) in [6.07, 6.45) is 2.25. The van der Waals surface area contributed by atoms with E-state index in [0.717, 1.165) is 35.7 Å². The summed E-state index contributed by atoms with van der Waals surface area (Å²) in [5, 5.41) is 0. The van der Waals surface area contributed by atoms with E-state index in [-0.39, 0.29) is 5.91 Å². The SMILES string of the molecule is Cc1ccc(N2C(=O)C(Cc3ccccc3)N=C2N(CCN(C)C)Cc2ccco2)cc1. The summed E-state index contributed by atoms with van der Waals surface area (Å²) in [6.45, 7) is 4.15. The summed E-state index contributed by atoms with van der Waals surface area (Å²) < 4.78 is 5.62. The second-order valence-corrected chi connectivity index (χ2v) is 8.45. The maximum Gasteiger partial charge on any atom is 0.259 e. The number of nitrogens with zero attached hydrogens (tertiary/aromatic N) is 4. The number of amides is 1. The number of rotatable bonds is 8. The molecule has 1 atom stereocenters. The summed E-state index contributed by atoms with van der Waals surface area (Å²) in [5.74, 6) is 1.52. The molecule has 166 valence electrons. The van der Waals surface area contributed by atoms with Crippen LogP contribution in [0.3, 0.4) is 0 Å². The smallest absolute Gasteiger partial charge is 0.259 e. The quantitative estimate of drug-likeness (QED) is 0.543. The average Bonchev–Trinajstić information content (AvgIpc) is 3.41. The Hall–Kier alpha value is -3.38. The van der Waals surface area contributed by atoms with Crippen LogP contribution < -0.4 is 4.90 Å². The number of benzene rings is 2. The highest BCUT2D eigenvalue weighted by molar-refractivity contribution is 6.22. The molecule has 0 spiro atoms. The van der Waals surface area contributed by atoms with Gasteiger partial charge in [-0.2, -0.15) is 0 Å². The molecule has 0 N–H and O–H groups in total. The van der Waals surface area contributed by atoms with Gasteiger partial charge in [0.15, 0.2) is 0 Å². The molecule has 0 aliphatic carbocycles. The monoisotopic (exact) mass is 430 g/mol. The minimum Gasteiger partial charge on any atom is -0.467 e. The first-order valence-electron chi connectivity index (χ1n) is 11.0. The first-order valence-corrected chi connectivity index (χ1v) is 11.0. The lowest BCUT2D eigenvalue weighted by Gasteiger charge is -2.30. The van der Waals surface area contributed by atoms with E-state index >= 15 is 0 Å². The molecule has 1 aliphatic heterocycles. The first-order chi connectivity index (χ1) is 15.5. The molecule has 3 aromatic rings. The molecule has 0 radical (unpaired) electrons. The molecule has 0 bridgehead atoms. The number of hydrogen-bond acceptors (Lipinski definition) is 5. The number of aliphatic imine (C=N–C) groups is 1. The number of anilines is 1. The second kappa shape index (κ2) is 9.83. The van der Waals surface area contributed by atoms with E-state index in [9.17, 15) is 4.79 Å². The maximum atomic E-state index is 13.6. The molecule has 1 unspecified atom stereocenters. The highest BCUT2D eigenvalue weighted by Gasteiger charge is 2.38. The molecule has 6 heteroatoms. The zero-order valence-corrected chi connectivity index (χ0v) is 18.9. The summed E-state index contributed by atoms with van der Waals surface area (Å²) in [6, 6.07) is 21.5. The van der Waals surface area contributed by atoms with E-state index in [2.05, 4.69) is 9.80 Å². The largest absolute Gasteiger partial charge is 0.467 e. The third kappa shape index (κ3) is 5.08. The van der Waals surface area contributed by atoms with Crippen molar-refractivity contribution in [2.24, 2.45) is 4.99 Å². The van der Waals surface area contributed by atoms with Crippen molar-refractivity contribution in [3.63, 3.8) is 0 Å². The van der Waals surface area contributed by atoms with Crippen molar-refractivity contribution in [3.8, 4) is 0 Å². The molecule has 1 aliphatic rings. The lowest BCUT2D eigenvalue weighted by atomic mass is 10.1. The second-order valence-electron chi connectivity index (χ2n) is 8.45. The van der Waals surface area contributed by atoms with Crippen LogP contribution in [0.1, 0.15) is 16.9 Å². The summed E-state index contributed by atoms with van der Waals surface area (Å²) in [7, 11) is 4.09. The van der Waals surface area contributed by atoms with Crippen molar-refractivity contribution in [3.05, 3.63) is 89.9 Å². The molecule has 1 aromatic heterocycles. The van der Waals surface area contributed by atoms with Gasteiger partial charge in [0.05, 0.1) is 18.5 Å². The number of hydrogen-bond donors (Lipinski definition) is 0. The topological polar surface area (TPSA) is 52.3 Å². The molecule has 1 amide bonds. The molecule has 0 saturated carbocycles. The third-order valence-corrected chi connectivity index (χ3v) is 5.57. The van der Waals surface area contributed by atoms with Gasteiger partial charge in [0.2, 0.25) is 5.96 Å². The number of carbonyl (C=O) groups excluding carboxylic acids is 1. The Kier molecular flexibility index (Phi) is 6.71. The Morgan fingerprint density at radius 3 is 2.38 bits per heavy atom. The first kappa shape index (κ1) is 21.8. The lowest BCUT2D eigenvalue weighted by molar-refractivity contribution is -0.118. The van der Waals surface area contributed by atoms with Gasteiger partial charge in [-0.15, -0.1) is 0 Å². The highest BCUT2D eigenvalue weighted by atomic mass is 16.3. The van der Waals surface area contributed by atoms with Gasteiger partial charge in [-0.1, -0.05) is 48.0 Å². The van der Waals surface area contributed by atoms with Crippen LogP contribution in [0, 0.1) is 6.92 Å². The molecular weight excluding hydrogens is 400 g/mol. The number of aryl methyl sites for hydroxylation is 1. The van der Waals surface area contributed by atoms with Crippen molar-refractivity contribution in [2.75, 3.05) is 32.1 Å². The molecule has 6 nitrogen and oxygen atoms in total. The molecule has 2 heterocycles. The van der Waals surface area contributed by atoms with Crippen LogP contribution in [0.5, 0.6) is 0 Å². The third-order valence-electron chi connectivity index (χ3n) is 5.57. The van der Waals surface area contributed by atoms with Crippen LogP contribution in [0.4, 0.5) is 5.69 Å². The Balaban J connectivity index is 1.69. The van der Waals surface area contributed by atoms with Crippen molar-refractivity contribution in [1.29, 1.82) is 0 Å². The van der Waals surface area contributed by atoms with Gasteiger partial charge >= 0.3 is 0 Å². The van der Waals surface area contributed by atoms with Gasteiger partial charge in [-0.3, -0.25) is 4.79 Å². The lowest BCUT2D eigenvalue weighted by Crippen LogP contribution is -2.46. The molecule has 0 saturated heterocycles. The Bertz CT molecular complexity index is 1040. The van der Waals surface area contributed by atoms with Crippen LogP contribution in [0.2, 0.25) is 0 Å². The van der Waals surface area contributed by atoms with Gasteiger partial charge in [-0.25, -0.2) is 9.89 Å². The van der Waals surface area contributed by atoms with Gasteiger partial charge < -0.3 is 14.2 Å². The summed E-state index contributed by atoms with van der Waals surface area (Å²) in [4.78, 5) is 24.6. The number of furan rings is 1. The van der Waals surface area contributed by atoms with Crippen LogP contribution >= 0.6 is 0 Å². The molecular formula is C26H30N4O2. The van der Waals surface area contributed by atoms with E-state index in [1.807, 2.05) is 87.7 Å². The summed E-state index contributed by atoms with van der Waals surface area (Å²) in [5.41, 5.74) is 3.09. The minimum atomic E-state index is -0.452. The molecule has 4 rings (SSSR count). The van der Waals surface area contributed by atoms with E-state index in [1.54, 1.807) is 11.2 Å². The van der Waals surface area contributed by atoms with Gasteiger partial charge in [0.25, 0.3) is 5.91 Å². The van der Waals surface area contributed by atoms with Crippen LogP contribution in [-0.4, -0.2) is 54.9 Å². The number of guanidine groups is 1. The van der Waals surface area contributed by atoms with Crippen LogP contribution in [-0.2, 0) is 17.8 Å². The van der Waals surface area contributed by atoms with Gasteiger partial charge in [0, 0.05) is 19.5 Å². The molecule has 32 heavy (non-hydrogen) atoms. The van der Waals surface area contributed by atoms with E-state index in [1.165, 1.54) is 0 Å². The van der Waals surface area contributed by atoms with Crippen LogP contribution in [0.25, 0.3) is 0 Å². The van der Waals surface area contributed by atoms with Crippen LogP contribution in [0.15, 0.2) is 82.4 Å². The van der Waals surface area contributed by atoms with Gasteiger partial charge in [-0.05, 0) is 50.8 Å². The van der Waals surface area contributed by atoms with Gasteiger partial charge in [0.1, 0.15) is 11.8 Å². The normalized spacial score (nSPS) is 16.0. The standard InChI is InChI=1S/C26H30N4O2/c1-20-11-13-22(14-12-20)30-25(31)24(18-21-8-5-4-6-9-21)27-26(30)29(16-15-28(2)3)19-23-10-7-17-32-23/h4-14,17,24H,15-16,18-19H2,1-3H3. The Morgan fingerprint density at radius 2 is 1.72 bits per heavy atom. The predicted octanol–water partition coefficient (Wildman–Crippen LogP) is 3.97. The molecule has 0 fully saturated rings. The fourth-order valence-corrected chi connectivity index (χ4v) is 3.79. The molecule has 2 aromatic carbocycles. The predicted molar refractivity (Wildman–Crippen MR) is 128 cm³/mol. The minimum absolute atomic E-state index is 0.00186. The number of likely N-dealkylation sites (N-methyl/N-ethyl adjacent to an activating group) is 1. The maximum absolute atomic E-state index is 13.6. The van der Waals surface area contributed by atoms with Crippen molar-refractivity contribution in [1.82, 2.24) is 9.80 Å². The van der Waals surface area contributed by atoms with E-state index < -0.39 is 6.04 Å². The van der Waals surface area contributed by atoms with Crippen molar-refractivity contribution < 1.29 is 9.21 Å². The van der Waals surface area contributed by atoms with Crippen molar-refractivity contribution >= 4 is 17.6 Å².